The standard InChI is InChI=1S/C24H18ClNO2S3/c25-18-10-12-20(13-11-18)30-15-14-28-21-9-5-4-6-17(21)16-22-23(27)26(24(29)31-22)19-7-2-1-3-8-19/h1-13,16H,14-15H2/b22-16-. The van der Waals surface area contributed by atoms with E-state index in [0.29, 0.717) is 15.8 Å². The van der Waals surface area contributed by atoms with Crippen molar-refractivity contribution in [2.45, 2.75) is 4.90 Å². The fraction of sp³-hybridized carbons (Fsp3) is 0.0833. The molecule has 3 aromatic carbocycles. The summed E-state index contributed by atoms with van der Waals surface area (Å²) in [6.45, 7) is 0.545. The highest BCUT2D eigenvalue weighted by atomic mass is 35.5. The Morgan fingerprint density at radius 3 is 2.48 bits per heavy atom. The van der Waals surface area contributed by atoms with Crippen molar-refractivity contribution in [2.24, 2.45) is 0 Å². The first kappa shape index (κ1) is 22.0. The molecule has 0 radical (unpaired) electrons. The van der Waals surface area contributed by atoms with Crippen molar-refractivity contribution >= 4 is 69.3 Å². The van der Waals surface area contributed by atoms with Crippen LogP contribution in [0.5, 0.6) is 5.75 Å². The number of carbonyl (C=O) groups is 1. The van der Waals surface area contributed by atoms with Gasteiger partial charge < -0.3 is 4.74 Å². The van der Waals surface area contributed by atoms with E-state index in [9.17, 15) is 4.79 Å². The lowest BCUT2D eigenvalue weighted by Gasteiger charge is -2.14. The van der Waals surface area contributed by atoms with Crippen molar-refractivity contribution in [3.63, 3.8) is 0 Å². The van der Waals surface area contributed by atoms with E-state index < -0.39 is 0 Å². The molecule has 1 heterocycles. The van der Waals surface area contributed by atoms with E-state index in [1.54, 1.807) is 16.7 Å². The number of carbonyl (C=O) groups excluding carboxylic acids is 1. The number of ether oxygens (including phenoxy) is 1. The highest BCUT2D eigenvalue weighted by molar-refractivity contribution is 8.27. The summed E-state index contributed by atoms with van der Waals surface area (Å²) in [5.41, 5.74) is 1.63. The highest BCUT2D eigenvalue weighted by Gasteiger charge is 2.33. The Labute approximate surface area is 200 Å². The van der Waals surface area contributed by atoms with Gasteiger partial charge in [0.25, 0.3) is 5.91 Å². The monoisotopic (exact) mass is 483 g/mol. The normalized spacial score (nSPS) is 15.0. The van der Waals surface area contributed by atoms with Crippen LogP contribution in [0.2, 0.25) is 5.02 Å². The number of thiocarbonyl (C=S) groups is 1. The van der Waals surface area contributed by atoms with Crippen LogP contribution in [-0.2, 0) is 4.79 Å². The van der Waals surface area contributed by atoms with E-state index in [-0.39, 0.29) is 5.91 Å². The van der Waals surface area contributed by atoms with Gasteiger partial charge in [-0.2, -0.15) is 0 Å². The van der Waals surface area contributed by atoms with E-state index >= 15 is 0 Å². The maximum atomic E-state index is 13.0. The van der Waals surface area contributed by atoms with Crippen molar-refractivity contribution in [2.75, 3.05) is 17.3 Å². The van der Waals surface area contributed by atoms with Gasteiger partial charge in [-0.25, -0.2) is 0 Å². The third-order valence-electron chi connectivity index (χ3n) is 4.44. The third-order valence-corrected chi connectivity index (χ3v) is 6.97. The summed E-state index contributed by atoms with van der Waals surface area (Å²) in [4.78, 5) is 16.3. The summed E-state index contributed by atoms with van der Waals surface area (Å²) in [5.74, 6) is 1.42. The molecule has 7 heteroatoms. The number of nitrogens with zero attached hydrogens (tertiary/aromatic N) is 1. The molecule has 4 rings (SSSR count). The van der Waals surface area contributed by atoms with Crippen molar-refractivity contribution < 1.29 is 9.53 Å². The number of benzene rings is 3. The van der Waals surface area contributed by atoms with Crippen LogP contribution in [0.3, 0.4) is 0 Å². The third kappa shape index (κ3) is 5.52. The van der Waals surface area contributed by atoms with Gasteiger partial charge in [-0.15, -0.1) is 11.8 Å². The molecule has 1 amide bonds. The largest absolute Gasteiger partial charge is 0.492 e. The number of para-hydroxylation sites is 2. The summed E-state index contributed by atoms with van der Waals surface area (Å²) >= 11 is 14.4. The van der Waals surface area contributed by atoms with Crippen molar-refractivity contribution in [3.8, 4) is 5.75 Å². The van der Waals surface area contributed by atoms with Crippen LogP contribution < -0.4 is 9.64 Å². The minimum atomic E-state index is -0.116. The molecule has 31 heavy (non-hydrogen) atoms. The van der Waals surface area contributed by atoms with Crippen LogP contribution >= 0.6 is 47.3 Å². The average Bonchev–Trinajstić information content (AvgIpc) is 3.07. The quantitative estimate of drug-likeness (QED) is 0.157. The van der Waals surface area contributed by atoms with Crippen molar-refractivity contribution in [1.29, 1.82) is 0 Å². The van der Waals surface area contributed by atoms with E-state index in [1.807, 2.05) is 84.9 Å². The summed E-state index contributed by atoms with van der Waals surface area (Å²) in [7, 11) is 0. The van der Waals surface area contributed by atoms with Gasteiger partial charge in [-0.1, -0.05) is 72.0 Å². The topological polar surface area (TPSA) is 29.5 Å². The average molecular weight is 484 g/mol. The van der Waals surface area contributed by atoms with Gasteiger partial charge in [0.2, 0.25) is 0 Å². The van der Waals surface area contributed by atoms with Crippen LogP contribution in [0.15, 0.2) is 88.7 Å². The molecule has 0 atom stereocenters. The number of anilines is 1. The Kier molecular flexibility index (Phi) is 7.35. The summed E-state index contributed by atoms with van der Waals surface area (Å²) in [5, 5.41) is 0.729. The van der Waals surface area contributed by atoms with Gasteiger partial charge in [-0.3, -0.25) is 9.69 Å². The molecule has 3 nitrogen and oxygen atoms in total. The minimum Gasteiger partial charge on any atom is -0.492 e. The van der Waals surface area contributed by atoms with Gasteiger partial charge in [0, 0.05) is 21.2 Å². The molecule has 1 aliphatic rings. The Hall–Kier alpha value is -2.25. The van der Waals surface area contributed by atoms with Gasteiger partial charge in [-0.05, 0) is 48.5 Å². The maximum Gasteiger partial charge on any atom is 0.270 e. The molecular formula is C24H18ClNO2S3. The molecule has 156 valence electrons. The Bertz CT molecular complexity index is 1120. The lowest BCUT2D eigenvalue weighted by molar-refractivity contribution is -0.113. The number of halogens is 1. The first-order valence-corrected chi connectivity index (χ1v) is 12.1. The van der Waals surface area contributed by atoms with Gasteiger partial charge in [0.15, 0.2) is 4.32 Å². The lowest BCUT2D eigenvalue weighted by Crippen LogP contribution is -2.27. The molecule has 0 unspecified atom stereocenters. The molecule has 0 N–H and O–H groups in total. The fourth-order valence-corrected chi connectivity index (χ4v) is 5.13. The molecule has 0 saturated carbocycles. The molecule has 0 spiro atoms. The molecule has 1 aliphatic heterocycles. The molecular weight excluding hydrogens is 466 g/mol. The minimum absolute atomic E-state index is 0.116. The summed E-state index contributed by atoms with van der Waals surface area (Å²) in [6, 6.07) is 24.9. The number of rotatable bonds is 7. The predicted octanol–water partition coefficient (Wildman–Crippen LogP) is 6.92. The Balaban J connectivity index is 1.43. The summed E-state index contributed by atoms with van der Waals surface area (Å²) in [6.07, 6.45) is 1.85. The first-order valence-electron chi connectivity index (χ1n) is 9.55. The SMILES string of the molecule is O=C1/C(=C/c2ccccc2OCCSc2ccc(Cl)cc2)SC(=S)N1c1ccccc1. The van der Waals surface area contributed by atoms with Crippen LogP contribution in [0.1, 0.15) is 5.56 Å². The van der Waals surface area contributed by atoms with Gasteiger partial charge in [0.1, 0.15) is 5.75 Å². The zero-order chi connectivity index (χ0) is 21.6. The summed E-state index contributed by atoms with van der Waals surface area (Å²) < 4.78 is 6.54. The van der Waals surface area contributed by atoms with Crippen LogP contribution in [0.25, 0.3) is 6.08 Å². The highest BCUT2D eigenvalue weighted by Crippen LogP contribution is 2.37. The second kappa shape index (κ2) is 10.4. The molecule has 0 aliphatic carbocycles. The molecule has 1 fully saturated rings. The molecule has 0 bridgehead atoms. The zero-order valence-electron chi connectivity index (χ0n) is 16.4. The smallest absolute Gasteiger partial charge is 0.270 e. The van der Waals surface area contributed by atoms with Crippen molar-refractivity contribution in [3.05, 3.63) is 94.4 Å². The number of hydrogen-bond acceptors (Lipinski definition) is 5. The Morgan fingerprint density at radius 2 is 1.71 bits per heavy atom. The van der Waals surface area contributed by atoms with E-state index in [4.69, 9.17) is 28.6 Å². The lowest BCUT2D eigenvalue weighted by atomic mass is 10.2. The van der Waals surface area contributed by atoms with Crippen LogP contribution in [-0.4, -0.2) is 22.6 Å². The van der Waals surface area contributed by atoms with Gasteiger partial charge >= 0.3 is 0 Å². The second-order valence-corrected chi connectivity index (χ2v) is 9.82. The molecule has 0 aromatic heterocycles. The number of thioether (sulfide) groups is 2. The van der Waals surface area contributed by atoms with Crippen molar-refractivity contribution in [1.82, 2.24) is 0 Å². The van der Waals surface area contributed by atoms with Crippen LogP contribution in [0.4, 0.5) is 5.69 Å². The number of amides is 1. The molecule has 1 saturated heterocycles. The first-order chi connectivity index (χ1) is 15.1. The Morgan fingerprint density at radius 1 is 1.00 bits per heavy atom. The second-order valence-electron chi connectivity index (χ2n) is 6.54. The van der Waals surface area contributed by atoms with E-state index in [0.717, 1.165) is 32.7 Å². The van der Waals surface area contributed by atoms with E-state index in [1.165, 1.54) is 11.8 Å². The number of hydrogen-bond donors (Lipinski definition) is 0. The zero-order valence-corrected chi connectivity index (χ0v) is 19.6. The van der Waals surface area contributed by atoms with Gasteiger partial charge in [0.05, 0.1) is 17.2 Å². The fourth-order valence-electron chi connectivity index (χ4n) is 2.98. The maximum absolute atomic E-state index is 13.0. The van der Waals surface area contributed by atoms with E-state index in [2.05, 4.69) is 0 Å². The predicted molar refractivity (Wildman–Crippen MR) is 136 cm³/mol. The molecule has 3 aromatic rings. The van der Waals surface area contributed by atoms with Crippen LogP contribution in [0, 0.1) is 0 Å².